The topological polar surface area (TPSA) is 20.2 Å². The fraction of sp³-hybridized carbons (Fsp3) is 1.00. The molecule has 0 spiro atoms. The number of hydrogen-bond donors (Lipinski definition) is 1. The third-order valence-corrected chi connectivity index (χ3v) is 3.25. The average Bonchev–Trinajstić information content (AvgIpc) is 2.17. The fourth-order valence-corrected chi connectivity index (χ4v) is 2.06. The fourth-order valence-electron chi connectivity index (χ4n) is 2.06. The van der Waals surface area contributed by atoms with E-state index in [2.05, 4.69) is 20.8 Å². The molecule has 0 radical (unpaired) electrons. The summed E-state index contributed by atoms with van der Waals surface area (Å²) >= 11 is 0. The maximum Gasteiger partial charge on any atom is 0.0571 e. The summed E-state index contributed by atoms with van der Waals surface area (Å²) in [6.45, 7) is 6.63. The summed E-state index contributed by atoms with van der Waals surface area (Å²) in [6.07, 6.45) is 2.22. The molecule has 1 heteroatoms. The van der Waals surface area contributed by atoms with Crippen molar-refractivity contribution in [2.75, 3.05) is 0 Å². The molecule has 60 valence electrons. The normalized spacial score (nSPS) is 48.0. The Balaban J connectivity index is 2.53. The molecular formula is C9H18O. The standard InChI is InChI=1S/C9H18O/c1-4-8-5-9(10)7(3)6(8)2/h6-10H,4-5H2,1-3H3/t6?,7?,8-,9+/m0/s1. The van der Waals surface area contributed by atoms with E-state index in [1.807, 2.05) is 0 Å². The van der Waals surface area contributed by atoms with Crippen LogP contribution >= 0.6 is 0 Å². The molecule has 1 N–H and O–H groups in total. The van der Waals surface area contributed by atoms with Crippen LogP contribution in [0, 0.1) is 17.8 Å². The summed E-state index contributed by atoms with van der Waals surface area (Å²) in [7, 11) is 0. The van der Waals surface area contributed by atoms with Gasteiger partial charge in [0.15, 0.2) is 0 Å². The van der Waals surface area contributed by atoms with E-state index in [1.165, 1.54) is 6.42 Å². The first-order valence-corrected chi connectivity index (χ1v) is 4.34. The molecular weight excluding hydrogens is 124 g/mol. The molecule has 0 aromatic carbocycles. The minimum absolute atomic E-state index is 0.0278. The van der Waals surface area contributed by atoms with Crippen LogP contribution < -0.4 is 0 Å². The van der Waals surface area contributed by atoms with Crippen molar-refractivity contribution >= 4 is 0 Å². The van der Waals surface area contributed by atoms with Crippen LogP contribution in [0.3, 0.4) is 0 Å². The lowest BCUT2D eigenvalue weighted by molar-refractivity contribution is 0.130. The molecule has 1 nitrogen and oxygen atoms in total. The summed E-state index contributed by atoms with van der Waals surface area (Å²) in [5.74, 6) is 2.01. The molecule has 1 aliphatic rings. The predicted molar refractivity (Wildman–Crippen MR) is 42.7 cm³/mol. The van der Waals surface area contributed by atoms with Crippen LogP contribution in [-0.4, -0.2) is 11.2 Å². The van der Waals surface area contributed by atoms with Gasteiger partial charge in [0.2, 0.25) is 0 Å². The highest BCUT2D eigenvalue weighted by Crippen LogP contribution is 2.38. The monoisotopic (exact) mass is 142 g/mol. The van der Waals surface area contributed by atoms with Crippen molar-refractivity contribution in [2.45, 2.75) is 39.7 Å². The third-order valence-electron chi connectivity index (χ3n) is 3.25. The highest BCUT2D eigenvalue weighted by Gasteiger charge is 2.35. The van der Waals surface area contributed by atoms with Crippen LogP contribution in [0.15, 0.2) is 0 Å². The molecule has 1 aliphatic carbocycles. The zero-order valence-corrected chi connectivity index (χ0v) is 7.17. The van der Waals surface area contributed by atoms with Gasteiger partial charge < -0.3 is 5.11 Å². The number of aliphatic hydroxyl groups is 1. The molecule has 0 aliphatic heterocycles. The first-order chi connectivity index (χ1) is 4.66. The van der Waals surface area contributed by atoms with E-state index < -0.39 is 0 Å². The van der Waals surface area contributed by atoms with Gasteiger partial charge in [0.1, 0.15) is 0 Å². The molecule has 1 fully saturated rings. The number of aliphatic hydroxyl groups excluding tert-OH is 1. The zero-order valence-electron chi connectivity index (χ0n) is 7.17. The number of rotatable bonds is 1. The predicted octanol–water partition coefficient (Wildman–Crippen LogP) is 2.05. The summed E-state index contributed by atoms with van der Waals surface area (Å²) in [5.41, 5.74) is 0. The first kappa shape index (κ1) is 8.06. The Kier molecular flexibility index (Phi) is 2.35. The highest BCUT2D eigenvalue weighted by atomic mass is 16.3. The Morgan fingerprint density at radius 2 is 1.90 bits per heavy atom. The van der Waals surface area contributed by atoms with Crippen LogP contribution in [-0.2, 0) is 0 Å². The van der Waals surface area contributed by atoms with Crippen LogP contribution in [0.1, 0.15) is 33.6 Å². The summed E-state index contributed by atoms with van der Waals surface area (Å²) in [6, 6.07) is 0. The maximum atomic E-state index is 9.47. The molecule has 4 atom stereocenters. The van der Waals surface area contributed by atoms with E-state index in [0.29, 0.717) is 5.92 Å². The molecule has 0 amide bonds. The highest BCUT2D eigenvalue weighted by molar-refractivity contribution is 4.85. The second-order valence-electron chi connectivity index (χ2n) is 3.69. The van der Waals surface area contributed by atoms with Gasteiger partial charge >= 0.3 is 0 Å². The van der Waals surface area contributed by atoms with Crippen molar-refractivity contribution < 1.29 is 5.11 Å². The van der Waals surface area contributed by atoms with Gasteiger partial charge in [-0.05, 0) is 24.2 Å². The van der Waals surface area contributed by atoms with E-state index in [0.717, 1.165) is 18.3 Å². The van der Waals surface area contributed by atoms with Gasteiger partial charge in [0.25, 0.3) is 0 Å². The Hall–Kier alpha value is -0.0400. The Labute approximate surface area is 63.4 Å². The molecule has 0 bridgehead atoms. The van der Waals surface area contributed by atoms with Crippen molar-refractivity contribution in [3.8, 4) is 0 Å². The summed E-state index contributed by atoms with van der Waals surface area (Å²) in [5, 5.41) is 9.47. The van der Waals surface area contributed by atoms with E-state index in [4.69, 9.17) is 0 Å². The molecule has 1 rings (SSSR count). The molecule has 0 saturated heterocycles. The number of hydrogen-bond acceptors (Lipinski definition) is 1. The Morgan fingerprint density at radius 1 is 1.30 bits per heavy atom. The Bertz CT molecular complexity index is 111. The van der Waals surface area contributed by atoms with Crippen molar-refractivity contribution in [1.29, 1.82) is 0 Å². The molecule has 10 heavy (non-hydrogen) atoms. The van der Waals surface area contributed by atoms with Crippen LogP contribution in [0.2, 0.25) is 0 Å². The average molecular weight is 142 g/mol. The van der Waals surface area contributed by atoms with E-state index >= 15 is 0 Å². The second-order valence-corrected chi connectivity index (χ2v) is 3.69. The lowest BCUT2D eigenvalue weighted by Gasteiger charge is -2.15. The van der Waals surface area contributed by atoms with Gasteiger partial charge in [0, 0.05) is 0 Å². The minimum Gasteiger partial charge on any atom is -0.393 e. The van der Waals surface area contributed by atoms with Gasteiger partial charge in [-0.3, -0.25) is 0 Å². The zero-order chi connectivity index (χ0) is 7.72. The van der Waals surface area contributed by atoms with Gasteiger partial charge in [-0.15, -0.1) is 0 Å². The van der Waals surface area contributed by atoms with Gasteiger partial charge in [-0.25, -0.2) is 0 Å². The lowest BCUT2D eigenvalue weighted by Crippen LogP contribution is -2.13. The van der Waals surface area contributed by atoms with Crippen molar-refractivity contribution in [3.05, 3.63) is 0 Å². The van der Waals surface area contributed by atoms with Crippen molar-refractivity contribution in [3.63, 3.8) is 0 Å². The second kappa shape index (κ2) is 2.91. The molecule has 0 heterocycles. The maximum absolute atomic E-state index is 9.47. The van der Waals surface area contributed by atoms with Crippen molar-refractivity contribution in [2.24, 2.45) is 17.8 Å². The van der Waals surface area contributed by atoms with Gasteiger partial charge in [-0.2, -0.15) is 0 Å². The molecule has 0 aromatic rings. The van der Waals surface area contributed by atoms with Crippen LogP contribution in [0.5, 0.6) is 0 Å². The third kappa shape index (κ3) is 1.20. The van der Waals surface area contributed by atoms with E-state index in [-0.39, 0.29) is 6.10 Å². The SMILES string of the molecule is CC[C@H]1C[C@@H](O)C(C)C1C. The summed E-state index contributed by atoms with van der Waals surface area (Å²) < 4.78 is 0. The van der Waals surface area contributed by atoms with Gasteiger partial charge in [-0.1, -0.05) is 27.2 Å². The van der Waals surface area contributed by atoms with Crippen LogP contribution in [0.4, 0.5) is 0 Å². The lowest BCUT2D eigenvalue weighted by atomic mass is 9.91. The smallest absolute Gasteiger partial charge is 0.0571 e. The van der Waals surface area contributed by atoms with E-state index in [9.17, 15) is 5.11 Å². The largest absolute Gasteiger partial charge is 0.393 e. The first-order valence-electron chi connectivity index (χ1n) is 4.34. The molecule has 2 unspecified atom stereocenters. The van der Waals surface area contributed by atoms with Crippen molar-refractivity contribution in [1.82, 2.24) is 0 Å². The van der Waals surface area contributed by atoms with Gasteiger partial charge in [0.05, 0.1) is 6.10 Å². The molecule has 0 aromatic heterocycles. The Morgan fingerprint density at radius 3 is 2.10 bits per heavy atom. The summed E-state index contributed by atoms with van der Waals surface area (Å²) in [4.78, 5) is 0. The van der Waals surface area contributed by atoms with Crippen LogP contribution in [0.25, 0.3) is 0 Å². The van der Waals surface area contributed by atoms with E-state index in [1.54, 1.807) is 0 Å². The molecule has 1 saturated carbocycles. The quantitative estimate of drug-likeness (QED) is 0.594. The minimum atomic E-state index is -0.0278.